The van der Waals surface area contributed by atoms with Gasteiger partial charge in [-0.15, -0.1) is 0 Å². The molecule has 0 amide bonds. The molecule has 0 aromatic carbocycles. The van der Waals surface area contributed by atoms with Crippen LogP contribution < -0.4 is 5.32 Å². The molecule has 2 aliphatic rings. The molecule has 0 radical (unpaired) electrons. The quantitative estimate of drug-likeness (QED) is 0.751. The summed E-state index contributed by atoms with van der Waals surface area (Å²) < 4.78 is 0. The van der Waals surface area contributed by atoms with E-state index in [1.807, 2.05) is 0 Å². The molecule has 1 N–H and O–H groups in total. The van der Waals surface area contributed by atoms with E-state index in [2.05, 4.69) is 28.2 Å². The van der Waals surface area contributed by atoms with Crippen molar-refractivity contribution in [3.63, 3.8) is 0 Å². The molecule has 2 fully saturated rings. The minimum atomic E-state index is 0.876. The molecule has 1 saturated heterocycles. The lowest BCUT2D eigenvalue weighted by Crippen LogP contribution is -2.52. The minimum Gasteiger partial charge on any atom is -0.314 e. The van der Waals surface area contributed by atoms with Crippen LogP contribution in [0.5, 0.6) is 0 Å². The highest BCUT2D eigenvalue weighted by Gasteiger charge is 2.29. The zero-order valence-electron chi connectivity index (χ0n) is 9.17. The van der Waals surface area contributed by atoms with Gasteiger partial charge in [-0.1, -0.05) is 12.8 Å². The van der Waals surface area contributed by atoms with Crippen LogP contribution in [0.4, 0.5) is 0 Å². The van der Waals surface area contributed by atoms with Gasteiger partial charge in [0.2, 0.25) is 0 Å². The van der Waals surface area contributed by atoms with Crippen LogP contribution in [-0.2, 0) is 0 Å². The van der Waals surface area contributed by atoms with Gasteiger partial charge in [0.15, 0.2) is 0 Å². The fraction of sp³-hybridized carbons (Fsp3) is 1.00. The first-order chi connectivity index (χ1) is 6.92. The van der Waals surface area contributed by atoms with Crippen LogP contribution in [0.2, 0.25) is 0 Å². The van der Waals surface area contributed by atoms with E-state index >= 15 is 0 Å². The Morgan fingerprint density at radius 1 is 1.14 bits per heavy atom. The van der Waals surface area contributed by atoms with Crippen LogP contribution in [0, 0.1) is 0 Å². The average Bonchev–Trinajstić information content (AvgIpc) is 2.30. The smallest absolute Gasteiger partial charge is 0.0215 e. The van der Waals surface area contributed by atoms with Gasteiger partial charge in [0.05, 0.1) is 0 Å². The zero-order chi connectivity index (χ0) is 9.80. The highest BCUT2D eigenvalue weighted by molar-refractivity contribution is 7.99. The predicted octanol–water partition coefficient (Wildman–Crippen LogP) is 1.57. The molecule has 1 aliphatic heterocycles. The minimum absolute atomic E-state index is 0.876. The van der Waals surface area contributed by atoms with E-state index in [1.165, 1.54) is 51.9 Å². The maximum absolute atomic E-state index is 3.44. The molecule has 1 aliphatic carbocycles. The Morgan fingerprint density at radius 2 is 1.86 bits per heavy atom. The third kappa shape index (κ3) is 2.44. The van der Waals surface area contributed by atoms with Crippen LogP contribution in [0.3, 0.4) is 0 Å². The summed E-state index contributed by atoms with van der Waals surface area (Å²) in [6.07, 6.45) is 8.06. The van der Waals surface area contributed by atoms with E-state index in [1.54, 1.807) is 0 Å². The third-order valence-corrected chi connectivity index (χ3v) is 4.75. The summed E-state index contributed by atoms with van der Waals surface area (Å²) in [6.45, 7) is 4.92. The molecule has 1 saturated carbocycles. The van der Waals surface area contributed by atoms with Crippen molar-refractivity contribution in [2.24, 2.45) is 0 Å². The van der Waals surface area contributed by atoms with Crippen LogP contribution in [0.25, 0.3) is 0 Å². The summed E-state index contributed by atoms with van der Waals surface area (Å²) in [5.41, 5.74) is 0. The first kappa shape index (κ1) is 10.8. The number of piperazine rings is 1. The Hall–Kier alpha value is 0.270. The Balaban J connectivity index is 1.91. The van der Waals surface area contributed by atoms with Gasteiger partial charge in [0.1, 0.15) is 0 Å². The molecule has 2 nitrogen and oxygen atoms in total. The fourth-order valence-electron chi connectivity index (χ4n) is 2.78. The highest BCUT2D eigenvalue weighted by Crippen LogP contribution is 2.30. The summed E-state index contributed by atoms with van der Waals surface area (Å²) in [7, 11) is 0. The van der Waals surface area contributed by atoms with Gasteiger partial charge in [-0.05, 0) is 19.1 Å². The van der Waals surface area contributed by atoms with E-state index in [0.717, 1.165) is 11.3 Å². The van der Waals surface area contributed by atoms with Gasteiger partial charge < -0.3 is 5.32 Å². The van der Waals surface area contributed by atoms with E-state index in [0.29, 0.717) is 0 Å². The number of thioether (sulfide) groups is 1. The summed E-state index contributed by atoms with van der Waals surface area (Å²) in [4.78, 5) is 2.72. The molecule has 0 aromatic rings. The SMILES string of the molecule is CSC1CCCCC1N1CCNCC1. The summed E-state index contributed by atoms with van der Waals surface area (Å²) >= 11 is 2.09. The Bertz CT molecular complexity index is 169. The van der Waals surface area contributed by atoms with Gasteiger partial charge in [0.25, 0.3) is 0 Å². The van der Waals surface area contributed by atoms with Crippen molar-refractivity contribution in [2.75, 3.05) is 32.4 Å². The average molecular weight is 214 g/mol. The fourth-order valence-corrected chi connectivity index (χ4v) is 3.81. The lowest BCUT2D eigenvalue weighted by molar-refractivity contribution is 0.144. The molecule has 2 atom stereocenters. The van der Waals surface area contributed by atoms with Gasteiger partial charge >= 0.3 is 0 Å². The molecule has 2 rings (SSSR count). The van der Waals surface area contributed by atoms with Gasteiger partial charge in [-0.2, -0.15) is 11.8 Å². The molecular formula is C11H22N2S. The summed E-state index contributed by atoms with van der Waals surface area (Å²) in [5, 5.41) is 4.34. The van der Waals surface area contributed by atoms with Crippen molar-refractivity contribution >= 4 is 11.8 Å². The van der Waals surface area contributed by atoms with Crippen molar-refractivity contribution in [1.29, 1.82) is 0 Å². The first-order valence-electron chi connectivity index (χ1n) is 5.89. The van der Waals surface area contributed by atoms with Gasteiger partial charge in [-0.3, -0.25) is 4.90 Å². The lowest BCUT2D eigenvalue weighted by atomic mass is 9.93. The number of hydrogen-bond donors (Lipinski definition) is 1. The number of nitrogens with one attached hydrogen (secondary N) is 1. The molecular weight excluding hydrogens is 192 g/mol. The molecule has 2 unspecified atom stereocenters. The molecule has 0 aromatic heterocycles. The standard InChI is InChI=1S/C11H22N2S/c1-14-11-5-3-2-4-10(11)13-8-6-12-7-9-13/h10-12H,2-9H2,1H3. The Morgan fingerprint density at radius 3 is 2.57 bits per heavy atom. The number of nitrogens with zero attached hydrogens (tertiary/aromatic N) is 1. The van der Waals surface area contributed by atoms with Gasteiger partial charge in [-0.25, -0.2) is 0 Å². The predicted molar refractivity (Wildman–Crippen MR) is 64.0 cm³/mol. The second-order valence-electron chi connectivity index (χ2n) is 4.41. The Labute approximate surface area is 91.8 Å². The largest absolute Gasteiger partial charge is 0.314 e. The van der Waals surface area contributed by atoms with Gasteiger partial charge in [0, 0.05) is 37.5 Å². The monoisotopic (exact) mass is 214 g/mol. The molecule has 82 valence electrons. The van der Waals surface area contributed by atoms with Crippen molar-refractivity contribution in [3.8, 4) is 0 Å². The molecule has 3 heteroatoms. The van der Waals surface area contributed by atoms with E-state index in [9.17, 15) is 0 Å². The Kier molecular flexibility index (Phi) is 4.14. The molecule has 0 bridgehead atoms. The zero-order valence-corrected chi connectivity index (χ0v) is 9.98. The topological polar surface area (TPSA) is 15.3 Å². The van der Waals surface area contributed by atoms with Crippen LogP contribution in [-0.4, -0.2) is 48.6 Å². The van der Waals surface area contributed by atoms with Crippen molar-refractivity contribution in [2.45, 2.75) is 37.0 Å². The summed E-state index contributed by atoms with van der Waals surface area (Å²) in [6, 6.07) is 0.876. The number of hydrogen-bond acceptors (Lipinski definition) is 3. The molecule has 0 spiro atoms. The maximum Gasteiger partial charge on any atom is 0.0215 e. The summed E-state index contributed by atoms with van der Waals surface area (Å²) in [5.74, 6) is 0. The normalized spacial score (nSPS) is 35.8. The molecule has 1 heterocycles. The van der Waals surface area contributed by atoms with E-state index in [4.69, 9.17) is 0 Å². The van der Waals surface area contributed by atoms with Crippen molar-refractivity contribution in [1.82, 2.24) is 10.2 Å². The van der Waals surface area contributed by atoms with E-state index < -0.39 is 0 Å². The van der Waals surface area contributed by atoms with E-state index in [-0.39, 0.29) is 0 Å². The maximum atomic E-state index is 3.44. The highest BCUT2D eigenvalue weighted by atomic mass is 32.2. The van der Waals surface area contributed by atoms with Crippen LogP contribution in [0.15, 0.2) is 0 Å². The number of rotatable bonds is 2. The first-order valence-corrected chi connectivity index (χ1v) is 7.18. The lowest BCUT2D eigenvalue weighted by Gasteiger charge is -2.41. The van der Waals surface area contributed by atoms with Crippen molar-refractivity contribution < 1.29 is 0 Å². The van der Waals surface area contributed by atoms with Crippen LogP contribution in [0.1, 0.15) is 25.7 Å². The second kappa shape index (κ2) is 5.38. The van der Waals surface area contributed by atoms with Crippen LogP contribution >= 0.6 is 11.8 Å². The molecule has 14 heavy (non-hydrogen) atoms. The third-order valence-electron chi connectivity index (χ3n) is 3.59. The van der Waals surface area contributed by atoms with Crippen molar-refractivity contribution in [3.05, 3.63) is 0 Å². The second-order valence-corrected chi connectivity index (χ2v) is 5.49.